The first-order valence-corrected chi connectivity index (χ1v) is 8.41. The fourth-order valence-corrected chi connectivity index (χ4v) is 3.31. The van der Waals surface area contributed by atoms with Crippen LogP contribution in [0.3, 0.4) is 0 Å². The summed E-state index contributed by atoms with van der Waals surface area (Å²) in [7, 11) is 0. The Hall–Kier alpha value is -0.880. The van der Waals surface area contributed by atoms with Crippen LogP contribution < -0.4 is 5.32 Å². The summed E-state index contributed by atoms with van der Waals surface area (Å²) in [5, 5.41) is 11.4. The van der Waals surface area contributed by atoms with Crippen molar-refractivity contribution >= 4 is 39.1 Å². The lowest BCUT2D eigenvalue weighted by molar-refractivity contribution is -0.137. The average Bonchev–Trinajstić information content (AvgIpc) is 2.77. The minimum absolute atomic E-state index is 0.0604. The number of halogens is 1. The molecule has 0 fully saturated rings. The third-order valence-electron chi connectivity index (χ3n) is 2.85. The van der Waals surface area contributed by atoms with Crippen molar-refractivity contribution in [3.05, 3.63) is 20.8 Å². The van der Waals surface area contributed by atoms with Crippen LogP contribution in [0.25, 0.3) is 0 Å². The highest BCUT2D eigenvalue weighted by atomic mass is 79.9. The Morgan fingerprint density at radius 2 is 1.85 bits per heavy atom. The van der Waals surface area contributed by atoms with Crippen LogP contribution in [0.15, 0.2) is 15.9 Å². The lowest BCUT2D eigenvalue weighted by Crippen LogP contribution is -2.25. The van der Waals surface area contributed by atoms with Crippen LogP contribution in [0.2, 0.25) is 0 Å². The third-order valence-corrected chi connectivity index (χ3v) is 4.48. The van der Waals surface area contributed by atoms with Crippen LogP contribution in [-0.2, 0) is 16.0 Å². The van der Waals surface area contributed by atoms with E-state index < -0.39 is 5.97 Å². The number of rotatable bonds is 10. The molecule has 4 nitrogen and oxygen atoms in total. The van der Waals surface area contributed by atoms with Crippen LogP contribution in [0, 0.1) is 0 Å². The predicted octanol–water partition coefficient (Wildman–Crippen LogP) is 3.59. The molecule has 2 N–H and O–H groups in total. The molecule has 112 valence electrons. The molecule has 0 aromatic carbocycles. The number of carbonyl (C=O) groups is 2. The maximum Gasteiger partial charge on any atom is 0.303 e. The van der Waals surface area contributed by atoms with Crippen molar-refractivity contribution in [2.75, 3.05) is 6.54 Å². The van der Waals surface area contributed by atoms with Crippen molar-refractivity contribution in [3.63, 3.8) is 0 Å². The Labute approximate surface area is 131 Å². The van der Waals surface area contributed by atoms with Crippen LogP contribution in [0.4, 0.5) is 0 Å². The van der Waals surface area contributed by atoms with Crippen molar-refractivity contribution in [1.29, 1.82) is 0 Å². The summed E-state index contributed by atoms with van der Waals surface area (Å²) in [5.74, 6) is -0.664. The Morgan fingerprint density at radius 3 is 2.50 bits per heavy atom. The lowest BCUT2D eigenvalue weighted by Gasteiger charge is -2.04. The molecule has 0 atom stereocenters. The molecular formula is C14H20BrNO3S. The van der Waals surface area contributed by atoms with E-state index in [0.717, 1.165) is 40.8 Å². The number of hydrogen-bond acceptors (Lipinski definition) is 3. The fourth-order valence-electron chi connectivity index (χ4n) is 1.83. The summed E-state index contributed by atoms with van der Waals surface area (Å²) >= 11 is 4.95. The second-order valence-corrected chi connectivity index (χ2v) is 7.19. The number of thiophene rings is 1. The Kier molecular flexibility index (Phi) is 8.53. The molecule has 0 aliphatic heterocycles. The molecule has 0 spiro atoms. The highest BCUT2D eigenvalue weighted by molar-refractivity contribution is 9.11. The Balaban J connectivity index is 1.95. The first kappa shape index (κ1) is 17.2. The standard InChI is InChI=1S/C14H20BrNO3S/c15-12-8-7-11(20-12)10-13(17)16-9-5-3-1-2-4-6-14(18)19/h7-8H,1-6,9-10H2,(H,16,17)(H,18,19). The molecule has 0 bridgehead atoms. The fraction of sp³-hybridized carbons (Fsp3) is 0.571. The molecule has 1 rings (SSSR count). The number of carboxylic acid groups (broad SMARTS) is 1. The molecular weight excluding hydrogens is 342 g/mol. The largest absolute Gasteiger partial charge is 0.481 e. The molecule has 0 aliphatic rings. The quantitative estimate of drug-likeness (QED) is 0.625. The summed E-state index contributed by atoms with van der Waals surface area (Å²) in [6, 6.07) is 3.90. The number of aliphatic carboxylic acids is 1. The highest BCUT2D eigenvalue weighted by Gasteiger charge is 2.05. The van der Waals surface area contributed by atoms with Crippen molar-refractivity contribution in [2.45, 2.75) is 44.9 Å². The van der Waals surface area contributed by atoms with E-state index in [1.54, 1.807) is 11.3 Å². The lowest BCUT2D eigenvalue weighted by atomic mass is 10.1. The van der Waals surface area contributed by atoms with Crippen molar-refractivity contribution < 1.29 is 14.7 Å². The maximum absolute atomic E-state index is 11.6. The number of nitrogens with one attached hydrogen (secondary N) is 1. The number of hydrogen-bond donors (Lipinski definition) is 2. The van der Waals surface area contributed by atoms with Gasteiger partial charge in [0.2, 0.25) is 5.91 Å². The van der Waals surface area contributed by atoms with Gasteiger partial charge in [-0.05, 0) is 40.9 Å². The molecule has 0 saturated heterocycles. The molecule has 1 aromatic rings. The van der Waals surface area contributed by atoms with Gasteiger partial charge in [-0.1, -0.05) is 19.3 Å². The van der Waals surface area contributed by atoms with E-state index in [1.807, 2.05) is 12.1 Å². The molecule has 1 amide bonds. The number of unbranched alkanes of at least 4 members (excludes halogenated alkanes) is 4. The van der Waals surface area contributed by atoms with Gasteiger partial charge in [0, 0.05) is 17.8 Å². The van der Waals surface area contributed by atoms with Crippen LogP contribution >= 0.6 is 27.3 Å². The highest BCUT2D eigenvalue weighted by Crippen LogP contribution is 2.22. The smallest absolute Gasteiger partial charge is 0.303 e. The van der Waals surface area contributed by atoms with Crippen LogP contribution in [0.1, 0.15) is 43.4 Å². The summed E-state index contributed by atoms with van der Waals surface area (Å²) in [5.41, 5.74) is 0. The zero-order valence-corrected chi connectivity index (χ0v) is 13.8. The van der Waals surface area contributed by atoms with Gasteiger partial charge in [-0.15, -0.1) is 11.3 Å². The first-order valence-electron chi connectivity index (χ1n) is 6.80. The molecule has 0 unspecified atom stereocenters. The predicted molar refractivity (Wildman–Crippen MR) is 84.1 cm³/mol. The third kappa shape index (κ3) is 8.32. The molecule has 20 heavy (non-hydrogen) atoms. The number of carboxylic acids is 1. The van der Waals surface area contributed by atoms with E-state index in [-0.39, 0.29) is 12.3 Å². The minimum atomic E-state index is -0.725. The Bertz CT molecular complexity index is 434. The topological polar surface area (TPSA) is 66.4 Å². The zero-order chi connectivity index (χ0) is 14.8. The van der Waals surface area contributed by atoms with Gasteiger partial charge >= 0.3 is 5.97 Å². The zero-order valence-electron chi connectivity index (χ0n) is 11.4. The van der Waals surface area contributed by atoms with Gasteiger partial charge in [-0.3, -0.25) is 9.59 Å². The van der Waals surface area contributed by atoms with E-state index in [1.165, 1.54) is 0 Å². The van der Waals surface area contributed by atoms with Crippen molar-refractivity contribution in [2.24, 2.45) is 0 Å². The Morgan fingerprint density at radius 1 is 1.15 bits per heavy atom. The molecule has 1 heterocycles. The summed E-state index contributed by atoms with van der Waals surface area (Å²) in [6.07, 6.45) is 5.40. The second-order valence-electron chi connectivity index (χ2n) is 4.64. The normalized spacial score (nSPS) is 10.4. The van der Waals surface area contributed by atoms with E-state index in [2.05, 4.69) is 21.2 Å². The van der Waals surface area contributed by atoms with Gasteiger partial charge in [0.05, 0.1) is 10.2 Å². The monoisotopic (exact) mass is 361 g/mol. The van der Waals surface area contributed by atoms with Gasteiger partial charge in [-0.2, -0.15) is 0 Å². The number of amides is 1. The van der Waals surface area contributed by atoms with Gasteiger partial charge in [0.25, 0.3) is 0 Å². The molecule has 6 heteroatoms. The summed E-state index contributed by atoms with van der Waals surface area (Å²) in [4.78, 5) is 23.0. The van der Waals surface area contributed by atoms with E-state index in [9.17, 15) is 9.59 Å². The van der Waals surface area contributed by atoms with Crippen LogP contribution in [-0.4, -0.2) is 23.5 Å². The van der Waals surface area contributed by atoms with Crippen LogP contribution in [0.5, 0.6) is 0 Å². The second kappa shape index (κ2) is 9.94. The average molecular weight is 362 g/mol. The molecule has 0 aliphatic carbocycles. The molecule has 0 radical (unpaired) electrons. The van der Waals surface area contributed by atoms with Gasteiger partial charge < -0.3 is 10.4 Å². The SMILES string of the molecule is O=C(O)CCCCCCCNC(=O)Cc1ccc(Br)s1. The number of carbonyl (C=O) groups excluding carboxylic acids is 1. The van der Waals surface area contributed by atoms with Gasteiger partial charge in [0.1, 0.15) is 0 Å². The maximum atomic E-state index is 11.6. The summed E-state index contributed by atoms with van der Waals surface area (Å²) in [6.45, 7) is 0.699. The van der Waals surface area contributed by atoms with Gasteiger partial charge in [0.15, 0.2) is 0 Å². The minimum Gasteiger partial charge on any atom is -0.481 e. The van der Waals surface area contributed by atoms with E-state index in [0.29, 0.717) is 13.0 Å². The van der Waals surface area contributed by atoms with Crippen molar-refractivity contribution in [3.8, 4) is 0 Å². The van der Waals surface area contributed by atoms with E-state index in [4.69, 9.17) is 5.11 Å². The molecule has 1 aromatic heterocycles. The van der Waals surface area contributed by atoms with E-state index >= 15 is 0 Å². The van der Waals surface area contributed by atoms with Gasteiger partial charge in [-0.25, -0.2) is 0 Å². The van der Waals surface area contributed by atoms with Crippen molar-refractivity contribution in [1.82, 2.24) is 5.32 Å². The summed E-state index contributed by atoms with van der Waals surface area (Å²) < 4.78 is 1.04. The molecule has 0 saturated carbocycles. The first-order chi connectivity index (χ1) is 9.58.